The largest absolute Gasteiger partial charge is 0.393 e. The average Bonchev–Trinajstić information content (AvgIpc) is 2.36. The highest BCUT2D eigenvalue weighted by Crippen LogP contribution is 2.68. The molecule has 3 saturated carbocycles. The van der Waals surface area contributed by atoms with Crippen molar-refractivity contribution in [1.82, 2.24) is 0 Å². The fourth-order valence-electron chi connectivity index (χ4n) is 3.40. The summed E-state index contributed by atoms with van der Waals surface area (Å²) in [6, 6.07) is 0. The molecule has 3 rings (SSSR count). The van der Waals surface area contributed by atoms with Crippen LogP contribution in [0.5, 0.6) is 0 Å². The van der Waals surface area contributed by atoms with Crippen molar-refractivity contribution in [1.29, 1.82) is 0 Å². The summed E-state index contributed by atoms with van der Waals surface area (Å²) in [6.07, 6.45) is 6.85. The van der Waals surface area contributed by atoms with Gasteiger partial charge in [0.25, 0.3) is 0 Å². The molecule has 1 heteroatoms. The van der Waals surface area contributed by atoms with Crippen molar-refractivity contribution in [3.05, 3.63) is 0 Å². The van der Waals surface area contributed by atoms with Crippen molar-refractivity contribution in [2.45, 2.75) is 38.2 Å². The van der Waals surface area contributed by atoms with Crippen LogP contribution in [0.1, 0.15) is 32.1 Å². The molecule has 56 valence electrons. The lowest BCUT2D eigenvalue weighted by atomic mass is 9.84. The molecule has 1 nitrogen and oxygen atoms in total. The summed E-state index contributed by atoms with van der Waals surface area (Å²) < 4.78 is 0. The first-order valence-corrected chi connectivity index (χ1v) is 4.48. The van der Waals surface area contributed by atoms with Gasteiger partial charge in [0.2, 0.25) is 0 Å². The molecule has 3 atom stereocenters. The van der Waals surface area contributed by atoms with Gasteiger partial charge in [0.1, 0.15) is 0 Å². The molecule has 0 heterocycles. The van der Waals surface area contributed by atoms with E-state index in [1.54, 1.807) is 0 Å². The molecular weight excluding hydrogens is 124 g/mol. The number of hydrogen-bond donors (Lipinski definition) is 1. The molecule has 0 radical (unpaired) electrons. The molecule has 3 fully saturated rings. The zero-order valence-electron chi connectivity index (χ0n) is 6.21. The summed E-state index contributed by atoms with van der Waals surface area (Å²) in [6.45, 7) is 0. The summed E-state index contributed by atoms with van der Waals surface area (Å²) in [4.78, 5) is 0. The van der Waals surface area contributed by atoms with E-state index in [-0.39, 0.29) is 6.10 Å². The maximum atomic E-state index is 9.59. The van der Waals surface area contributed by atoms with Crippen LogP contribution in [0.3, 0.4) is 0 Å². The smallest absolute Gasteiger partial charge is 0.0576 e. The Morgan fingerprint density at radius 3 is 2.40 bits per heavy atom. The summed E-state index contributed by atoms with van der Waals surface area (Å²) in [5, 5.41) is 9.59. The zero-order valence-corrected chi connectivity index (χ0v) is 6.21. The fraction of sp³-hybridized carbons (Fsp3) is 1.00. The molecule has 1 N–H and O–H groups in total. The van der Waals surface area contributed by atoms with E-state index in [0.29, 0.717) is 5.41 Å². The highest BCUT2D eigenvalue weighted by molar-refractivity contribution is 5.11. The van der Waals surface area contributed by atoms with Crippen LogP contribution in [0.4, 0.5) is 0 Å². The lowest BCUT2D eigenvalue weighted by molar-refractivity contribution is 0.0716. The van der Waals surface area contributed by atoms with Crippen molar-refractivity contribution in [2.24, 2.45) is 17.3 Å². The van der Waals surface area contributed by atoms with Gasteiger partial charge in [-0.1, -0.05) is 0 Å². The first-order valence-electron chi connectivity index (χ1n) is 4.48. The predicted molar refractivity (Wildman–Crippen MR) is 38.5 cm³/mol. The van der Waals surface area contributed by atoms with Crippen LogP contribution in [0.15, 0.2) is 0 Å². The lowest BCUT2D eigenvalue weighted by Crippen LogP contribution is -2.25. The van der Waals surface area contributed by atoms with Crippen LogP contribution in [0.25, 0.3) is 0 Å². The van der Waals surface area contributed by atoms with Gasteiger partial charge < -0.3 is 5.11 Å². The molecule has 0 aromatic heterocycles. The molecule has 10 heavy (non-hydrogen) atoms. The minimum atomic E-state index is 0.0845. The Balaban J connectivity index is 1.94. The summed E-state index contributed by atoms with van der Waals surface area (Å²) in [5.41, 5.74) is 0.683. The Labute approximate surface area is 61.4 Å². The quantitative estimate of drug-likeness (QED) is 0.538. The van der Waals surface area contributed by atoms with Crippen LogP contribution < -0.4 is 0 Å². The van der Waals surface area contributed by atoms with Crippen LogP contribution in [-0.2, 0) is 0 Å². The summed E-state index contributed by atoms with van der Waals surface area (Å²) in [7, 11) is 0. The zero-order chi connectivity index (χ0) is 6.77. The van der Waals surface area contributed by atoms with Gasteiger partial charge in [0, 0.05) is 0 Å². The maximum Gasteiger partial charge on any atom is 0.0576 e. The van der Waals surface area contributed by atoms with E-state index in [1.807, 2.05) is 0 Å². The van der Waals surface area contributed by atoms with Gasteiger partial charge in [-0.2, -0.15) is 0 Å². The second kappa shape index (κ2) is 1.42. The van der Waals surface area contributed by atoms with Gasteiger partial charge in [-0.25, -0.2) is 0 Å². The molecular formula is C9H14O. The third kappa shape index (κ3) is 0.493. The Morgan fingerprint density at radius 2 is 2.00 bits per heavy atom. The SMILES string of the molecule is OC1CC2CC1C1(CC1)C2. The highest BCUT2D eigenvalue weighted by atomic mass is 16.3. The molecule has 0 saturated heterocycles. The van der Waals surface area contributed by atoms with Crippen LogP contribution in [-0.4, -0.2) is 11.2 Å². The van der Waals surface area contributed by atoms with Crippen molar-refractivity contribution in [3.8, 4) is 0 Å². The number of aliphatic hydroxyl groups excluding tert-OH is 1. The van der Waals surface area contributed by atoms with E-state index in [2.05, 4.69) is 0 Å². The van der Waals surface area contributed by atoms with Crippen molar-refractivity contribution in [3.63, 3.8) is 0 Å². The van der Waals surface area contributed by atoms with Gasteiger partial charge >= 0.3 is 0 Å². The van der Waals surface area contributed by atoms with Gasteiger partial charge in [-0.05, 0) is 49.4 Å². The third-order valence-electron chi connectivity index (χ3n) is 4.00. The fourth-order valence-corrected chi connectivity index (χ4v) is 3.40. The molecule has 0 amide bonds. The standard InChI is InChI=1S/C9H14O/c10-8-4-6-3-7(8)9(5-6)1-2-9/h6-8,10H,1-5H2. The van der Waals surface area contributed by atoms with Crippen molar-refractivity contribution >= 4 is 0 Å². The van der Waals surface area contributed by atoms with Gasteiger partial charge in [-0.3, -0.25) is 0 Å². The van der Waals surface area contributed by atoms with Crippen LogP contribution >= 0.6 is 0 Å². The third-order valence-corrected chi connectivity index (χ3v) is 4.00. The molecule has 3 unspecified atom stereocenters. The molecule has 0 aromatic carbocycles. The van der Waals surface area contributed by atoms with Gasteiger partial charge in [0.15, 0.2) is 0 Å². The van der Waals surface area contributed by atoms with E-state index in [9.17, 15) is 5.11 Å². The Kier molecular flexibility index (Phi) is 0.797. The number of fused-ring (bicyclic) bond motifs is 3. The van der Waals surface area contributed by atoms with Crippen molar-refractivity contribution in [2.75, 3.05) is 0 Å². The maximum absolute atomic E-state index is 9.59. The second-order valence-electron chi connectivity index (χ2n) is 4.58. The normalized spacial score (nSPS) is 54.3. The summed E-state index contributed by atoms with van der Waals surface area (Å²) >= 11 is 0. The molecule has 0 aromatic rings. The average molecular weight is 138 g/mol. The van der Waals surface area contributed by atoms with Gasteiger partial charge in [-0.15, -0.1) is 0 Å². The van der Waals surface area contributed by atoms with Crippen LogP contribution in [0.2, 0.25) is 0 Å². The molecule has 1 spiro atoms. The Hall–Kier alpha value is -0.0400. The number of hydrogen-bond acceptors (Lipinski definition) is 1. The number of rotatable bonds is 0. The van der Waals surface area contributed by atoms with E-state index in [0.717, 1.165) is 18.3 Å². The number of aliphatic hydroxyl groups is 1. The molecule has 2 bridgehead atoms. The van der Waals surface area contributed by atoms with E-state index >= 15 is 0 Å². The molecule has 3 aliphatic rings. The van der Waals surface area contributed by atoms with Gasteiger partial charge in [0.05, 0.1) is 6.10 Å². The first kappa shape index (κ1) is 5.59. The van der Waals surface area contributed by atoms with Crippen LogP contribution in [0, 0.1) is 17.3 Å². The predicted octanol–water partition coefficient (Wildman–Crippen LogP) is 1.56. The molecule has 0 aliphatic heterocycles. The monoisotopic (exact) mass is 138 g/mol. The molecule has 3 aliphatic carbocycles. The Morgan fingerprint density at radius 1 is 1.20 bits per heavy atom. The summed E-state index contributed by atoms with van der Waals surface area (Å²) in [5.74, 6) is 1.62. The van der Waals surface area contributed by atoms with E-state index in [4.69, 9.17) is 0 Å². The highest BCUT2D eigenvalue weighted by Gasteiger charge is 2.60. The van der Waals surface area contributed by atoms with Crippen molar-refractivity contribution < 1.29 is 5.11 Å². The van der Waals surface area contributed by atoms with E-state index < -0.39 is 0 Å². The topological polar surface area (TPSA) is 20.2 Å². The lowest BCUT2D eigenvalue weighted by Gasteiger charge is -2.25. The minimum absolute atomic E-state index is 0.0845. The first-order chi connectivity index (χ1) is 4.80. The minimum Gasteiger partial charge on any atom is -0.393 e. The Bertz CT molecular complexity index is 172. The van der Waals surface area contributed by atoms with E-state index in [1.165, 1.54) is 25.7 Å². The second-order valence-corrected chi connectivity index (χ2v) is 4.58.